The van der Waals surface area contributed by atoms with Crippen molar-refractivity contribution in [2.45, 2.75) is 19.4 Å². The maximum atomic E-state index is 13.9. The van der Waals surface area contributed by atoms with Crippen molar-refractivity contribution in [3.63, 3.8) is 0 Å². The van der Waals surface area contributed by atoms with Crippen LogP contribution in [0.25, 0.3) is 0 Å². The number of fused-ring (bicyclic) bond motifs is 1. The van der Waals surface area contributed by atoms with E-state index < -0.39 is 0 Å². The van der Waals surface area contributed by atoms with Crippen LogP contribution in [0.4, 0.5) is 4.39 Å². The molecule has 2 aromatic rings. The molecule has 114 valence electrons. The summed E-state index contributed by atoms with van der Waals surface area (Å²) >= 11 is 0. The van der Waals surface area contributed by atoms with Gasteiger partial charge in [0.25, 0.3) is 0 Å². The van der Waals surface area contributed by atoms with Crippen LogP contribution in [0.1, 0.15) is 17.8 Å². The van der Waals surface area contributed by atoms with E-state index in [1.165, 1.54) is 6.07 Å². The van der Waals surface area contributed by atoms with Gasteiger partial charge in [-0.25, -0.2) is 14.4 Å². The van der Waals surface area contributed by atoms with Gasteiger partial charge >= 0.3 is 0 Å². The summed E-state index contributed by atoms with van der Waals surface area (Å²) < 4.78 is 19.4. The lowest BCUT2D eigenvalue weighted by Crippen LogP contribution is -2.32. The fraction of sp³-hybridized carbons (Fsp3) is 0.312. The SMILES string of the molecule is O=C(CCc1ncccn1)N1CCOc2cccc(F)c2C1. The molecule has 0 bridgehead atoms. The Balaban J connectivity index is 1.67. The first kappa shape index (κ1) is 14.4. The van der Waals surface area contributed by atoms with E-state index in [1.807, 2.05) is 0 Å². The third-order valence-electron chi connectivity index (χ3n) is 3.58. The van der Waals surface area contributed by atoms with Gasteiger partial charge in [-0.15, -0.1) is 0 Å². The highest BCUT2D eigenvalue weighted by molar-refractivity contribution is 5.76. The molecule has 5 nitrogen and oxygen atoms in total. The van der Waals surface area contributed by atoms with Crippen LogP contribution in [0.5, 0.6) is 5.75 Å². The second kappa shape index (κ2) is 6.51. The maximum Gasteiger partial charge on any atom is 0.223 e. The third kappa shape index (κ3) is 3.21. The second-order valence-electron chi connectivity index (χ2n) is 5.05. The number of benzene rings is 1. The molecule has 0 radical (unpaired) electrons. The minimum atomic E-state index is -0.344. The van der Waals surface area contributed by atoms with Crippen molar-refractivity contribution < 1.29 is 13.9 Å². The van der Waals surface area contributed by atoms with E-state index in [-0.39, 0.29) is 18.3 Å². The molecule has 0 spiro atoms. The van der Waals surface area contributed by atoms with Gasteiger partial charge in [0.05, 0.1) is 13.1 Å². The molecule has 1 aliphatic heterocycles. The number of rotatable bonds is 3. The van der Waals surface area contributed by atoms with Gasteiger partial charge in [0, 0.05) is 30.8 Å². The predicted octanol–water partition coefficient (Wildman–Crippen LogP) is 1.97. The second-order valence-corrected chi connectivity index (χ2v) is 5.05. The molecule has 1 amide bonds. The number of carbonyl (C=O) groups is 1. The average Bonchev–Trinajstić information content (AvgIpc) is 2.77. The van der Waals surface area contributed by atoms with Crippen LogP contribution < -0.4 is 4.74 Å². The van der Waals surface area contributed by atoms with Crippen LogP contribution in [0, 0.1) is 5.82 Å². The molecular formula is C16H16FN3O2. The Hall–Kier alpha value is -2.50. The van der Waals surface area contributed by atoms with E-state index in [0.29, 0.717) is 43.1 Å². The number of nitrogens with zero attached hydrogens (tertiary/aromatic N) is 3. The number of carbonyl (C=O) groups excluding carboxylic acids is 1. The topological polar surface area (TPSA) is 55.3 Å². The van der Waals surface area contributed by atoms with Crippen molar-refractivity contribution in [3.8, 4) is 5.75 Å². The molecule has 1 aliphatic rings. The Morgan fingerprint density at radius 2 is 2.09 bits per heavy atom. The van der Waals surface area contributed by atoms with Crippen molar-refractivity contribution in [3.05, 3.63) is 53.9 Å². The van der Waals surface area contributed by atoms with Crippen LogP contribution in [-0.2, 0) is 17.8 Å². The lowest BCUT2D eigenvalue weighted by atomic mass is 10.1. The van der Waals surface area contributed by atoms with Crippen LogP contribution in [0.2, 0.25) is 0 Å². The van der Waals surface area contributed by atoms with Gasteiger partial charge < -0.3 is 9.64 Å². The van der Waals surface area contributed by atoms with Gasteiger partial charge in [-0.3, -0.25) is 4.79 Å². The first-order valence-electron chi connectivity index (χ1n) is 7.18. The van der Waals surface area contributed by atoms with E-state index in [2.05, 4.69) is 9.97 Å². The largest absolute Gasteiger partial charge is 0.491 e. The molecule has 0 aliphatic carbocycles. The van der Waals surface area contributed by atoms with Crippen LogP contribution in [-0.4, -0.2) is 33.9 Å². The van der Waals surface area contributed by atoms with E-state index in [4.69, 9.17) is 4.74 Å². The Bertz CT molecular complexity index is 664. The molecule has 6 heteroatoms. The van der Waals surface area contributed by atoms with Gasteiger partial charge in [0.15, 0.2) is 0 Å². The molecule has 2 heterocycles. The summed E-state index contributed by atoms with van der Waals surface area (Å²) in [5, 5.41) is 0. The summed E-state index contributed by atoms with van der Waals surface area (Å²) in [7, 11) is 0. The monoisotopic (exact) mass is 301 g/mol. The van der Waals surface area contributed by atoms with Gasteiger partial charge in [-0.1, -0.05) is 6.07 Å². The first-order valence-corrected chi connectivity index (χ1v) is 7.18. The number of hydrogen-bond acceptors (Lipinski definition) is 4. The Morgan fingerprint density at radius 1 is 1.27 bits per heavy atom. The molecule has 1 aromatic heterocycles. The fourth-order valence-corrected chi connectivity index (χ4v) is 2.41. The molecule has 0 atom stereocenters. The van der Waals surface area contributed by atoms with Crippen molar-refractivity contribution in [1.82, 2.24) is 14.9 Å². The van der Waals surface area contributed by atoms with Crippen molar-refractivity contribution in [2.75, 3.05) is 13.2 Å². The van der Waals surface area contributed by atoms with E-state index in [0.717, 1.165) is 0 Å². The van der Waals surface area contributed by atoms with Gasteiger partial charge in [-0.05, 0) is 18.2 Å². The van der Waals surface area contributed by atoms with E-state index in [1.54, 1.807) is 35.5 Å². The number of amides is 1. The number of aryl methyl sites for hydroxylation is 1. The van der Waals surface area contributed by atoms with Gasteiger partial charge in [0.2, 0.25) is 5.91 Å². The van der Waals surface area contributed by atoms with Crippen LogP contribution in [0.3, 0.4) is 0 Å². The fourth-order valence-electron chi connectivity index (χ4n) is 2.41. The molecule has 1 aromatic carbocycles. The Morgan fingerprint density at radius 3 is 2.91 bits per heavy atom. The molecule has 3 rings (SSSR count). The average molecular weight is 301 g/mol. The molecule has 0 unspecified atom stereocenters. The quantitative estimate of drug-likeness (QED) is 0.870. The van der Waals surface area contributed by atoms with E-state index in [9.17, 15) is 9.18 Å². The minimum absolute atomic E-state index is 0.0489. The molecule has 22 heavy (non-hydrogen) atoms. The zero-order valence-electron chi connectivity index (χ0n) is 12.0. The minimum Gasteiger partial charge on any atom is -0.491 e. The van der Waals surface area contributed by atoms with Crippen molar-refractivity contribution >= 4 is 5.91 Å². The van der Waals surface area contributed by atoms with Crippen LogP contribution in [0.15, 0.2) is 36.7 Å². The lowest BCUT2D eigenvalue weighted by Gasteiger charge is -2.19. The summed E-state index contributed by atoms with van der Waals surface area (Å²) in [4.78, 5) is 22.2. The van der Waals surface area contributed by atoms with Crippen LogP contribution >= 0.6 is 0 Å². The van der Waals surface area contributed by atoms with Crippen molar-refractivity contribution in [2.24, 2.45) is 0 Å². The summed E-state index contributed by atoms with van der Waals surface area (Å²) in [5.74, 6) is 0.756. The number of hydrogen-bond donors (Lipinski definition) is 0. The summed E-state index contributed by atoms with van der Waals surface area (Å²) in [6.07, 6.45) is 4.07. The zero-order valence-corrected chi connectivity index (χ0v) is 12.0. The summed E-state index contributed by atoms with van der Waals surface area (Å²) in [6.45, 7) is 1.04. The zero-order chi connectivity index (χ0) is 15.4. The standard InChI is InChI=1S/C16H16FN3O2/c17-13-3-1-4-14-12(13)11-20(9-10-22-14)16(21)6-5-15-18-7-2-8-19-15/h1-4,7-8H,5-6,9-11H2. The normalized spacial score (nSPS) is 14.0. The molecule has 0 fully saturated rings. The predicted molar refractivity (Wildman–Crippen MR) is 77.7 cm³/mol. The van der Waals surface area contributed by atoms with Gasteiger partial charge in [-0.2, -0.15) is 0 Å². The highest BCUT2D eigenvalue weighted by Crippen LogP contribution is 2.25. The molecule has 0 saturated heterocycles. The highest BCUT2D eigenvalue weighted by Gasteiger charge is 2.22. The molecular weight excluding hydrogens is 285 g/mol. The number of aromatic nitrogens is 2. The molecule has 0 N–H and O–H groups in total. The third-order valence-corrected chi connectivity index (χ3v) is 3.58. The van der Waals surface area contributed by atoms with Gasteiger partial charge in [0.1, 0.15) is 24.0 Å². The highest BCUT2D eigenvalue weighted by atomic mass is 19.1. The Labute approximate surface area is 127 Å². The molecule has 0 saturated carbocycles. The Kier molecular flexibility index (Phi) is 4.27. The number of halogens is 1. The summed E-state index contributed by atoms with van der Waals surface area (Å²) in [6, 6.07) is 6.45. The number of ether oxygens (including phenoxy) is 1. The lowest BCUT2D eigenvalue weighted by molar-refractivity contribution is -0.131. The van der Waals surface area contributed by atoms with Crippen molar-refractivity contribution in [1.29, 1.82) is 0 Å². The van der Waals surface area contributed by atoms with E-state index >= 15 is 0 Å². The smallest absolute Gasteiger partial charge is 0.223 e. The first-order chi connectivity index (χ1) is 10.7. The maximum absolute atomic E-state index is 13.9. The summed E-state index contributed by atoms with van der Waals surface area (Å²) in [5.41, 5.74) is 0.435.